The molecule has 0 atom stereocenters. The molecule has 92 valence electrons. The molecule has 1 aromatic heterocycles. The normalized spacial score (nSPS) is 10.0. The lowest BCUT2D eigenvalue weighted by Gasteiger charge is -2.05. The van der Waals surface area contributed by atoms with E-state index >= 15 is 0 Å². The van der Waals surface area contributed by atoms with Gasteiger partial charge < -0.3 is 10.4 Å². The summed E-state index contributed by atoms with van der Waals surface area (Å²) >= 11 is 0. The predicted molar refractivity (Wildman–Crippen MR) is 64.3 cm³/mol. The Kier molecular flexibility index (Phi) is 3.38. The minimum Gasteiger partial charge on any atom is -0.478 e. The van der Waals surface area contributed by atoms with Crippen LogP contribution in [0.3, 0.4) is 0 Å². The summed E-state index contributed by atoms with van der Waals surface area (Å²) in [7, 11) is 0. The molecular formula is C12H11N3O3. The monoisotopic (exact) mass is 245 g/mol. The van der Waals surface area contributed by atoms with E-state index in [-0.39, 0.29) is 17.9 Å². The van der Waals surface area contributed by atoms with Crippen molar-refractivity contribution in [2.75, 3.05) is 5.32 Å². The van der Waals surface area contributed by atoms with Crippen molar-refractivity contribution in [3.63, 3.8) is 0 Å². The van der Waals surface area contributed by atoms with E-state index in [1.165, 1.54) is 12.3 Å². The maximum atomic E-state index is 11.7. The first-order valence-corrected chi connectivity index (χ1v) is 5.27. The molecule has 0 bridgehead atoms. The van der Waals surface area contributed by atoms with E-state index in [4.69, 9.17) is 5.11 Å². The van der Waals surface area contributed by atoms with Gasteiger partial charge in [0.2, 0.25) is 5.91 Å². The smallest absolute Gasteiger partial charge is 0.335 e. The second-order valence-corrected chi connectivity index (χ2v) is 3.66. The maximum absolute atomic E-state index is 11.7. The van der Waals surface area contributed by atoms with Crippen molar-refractivity contribution >= 4 is 17.7 Å². The SMILES string of the molecule is O=C(Cc1ccccc1C(=O)O)Nc1ccn[nH]1. The van der Waals surface area contributed by atoms with E-state index in [1.54, 1.807) is 24.3 Å². The van der Waals surface area contributed by atoms with Gasteiger partial charge in [0, 0.05) is 6.07 Å². The van der Waals surface area contributed by atoms with Crippen molar-refractivity contribution in [3.05, 3.63) is 47.7 Å². The highest BCUT2D eigenvalue weighted by molar-refractivity contribution is 5.95. The molecule has 1 amide bonds. The predicted octanol–water partition coefficient (Wildman–Crippen LogP) is 1.29. The van der Waals surface area contributed by atoms with Gasteiger partial charge in [-0.2, -0.15) is 5.10 Å². The van der Waals surface area contributed by atoms with Crippen LogP contribution in [0.5, 0.6) is 0 Å². The number of H-pyrrole nitrogens is 1. The number of aromatic amines is 1. The molecule has 0 aliphatic rings. The first-order valence-electron chi connectivity index (χ1n) is 5.27. The minimum atomic E-state index is -1.04. The number of amides is 1. The summed E-state index contributed by atoms with van der Waals surface area (Å²) in [5.41, 5.74) is 0.610. The van der Waals surface area contributed by atoms with Gasteiger partial charge in [0.25, 0.3) is 0 Å². The highest BCUT2D eigenvalue weighted by atomic mass is 16.4. The van der Waals surface area contributed by atoms with Gasteiger partial charge in [0.05, 0.1) is 18.2 Å². The van der Waals surface area contributed by atoms with Gasteiger partial charge in [-0.3, -0.25) is 9.89 Å². The van der Waals surface area contributed by atoms with Crippen molar-refractivity contribution in [1.82, 2.24) is 10.2 Å². The number of carbonyl (C=O) groups is 2. The number of aromatic carboxylic acids is 1. The van der Waals surface area contributed by atoms with Gasteiger partial charge in [0.15, 0.2) is 0 Å². The van der Waals surface area contributed by atoms with Crippen LogP contribution in [0.4, 0.5) is 5.82 Å². The zero-order valence-electron chi connectivity index (χ0n) is 9.38. The van der Waals surface area contributed by atoms with Crippen LogP contribution in [0, 0.1) is 0 Å². The first-order chi connectivity index (χ1) is 8.66. The lowest BCUT2D eigenvalue weighted by atomic mass is 10.0. The second kappa shape index (κ2) is 5.13. The van der Waals surface area contributed by atoms with Gasteiger partial charge in [-0.05, 0) is 11.6 Å². The van der Waals surface area contributed by atoms with E-state index in [0.29, 0.717) is 11.4 Å². The standard InChI is InChI=1S/C12H11N3O3/c16-11(14-10-5-6-13-15-10)7-8-3-1-2-4-9(8)12(17)18/h1-6H,7H2,(H,17,18)(H2,13,14,15,16). The van der Waals surface area contributed by atoms with Gasteiger partial charge in [0.1, 0.15) is 5.82 Å². The molecule has 18 heavy (non-hydrogen) atoms. The summed E-state index contributed by atoms with van der Waals surface area (Å²) in [5.74, 6) is -0.860. The Balaban J connectivity index is 2.09. The summed E-state index contributed by atoms with van der Waals surface area (Å²) in [4.78, 5) is 22.7. The van der Waals surface area contributed by atoms with Gasteiger partial charge in [-0.25, -0.2) is 4.79 Å². The van der Waals surface area contributed by atoms with Crippen molar-refractivity contribution < 1.29 is 14.7 Å². The Morgan fingerprint density at radius 3 is 2.72 bits per heavy atom. The van der Waals surface area contributed by atoms with Crippen LogP contribution in [0.2, 0.25) is 0 Å². The molecule has 2 aromatic rings. The Morgan fingerprint density at radius 2 is 2.06 bits per heavy atom. The molecule has 2 rings (SSSR count). The molecule has 0 aliphatic heterocycles. The quantitative estimate of drug-likeness (QED) is 0.756. The summed E-state index contributed by atoms with van der Waals surface area (Å²) < 4.78 is 0. The van der Waals surface area contributed by atoms with Crippen LogP contribution in [-0.2, 0) is 11.2 Å². The van der Waals surface area contributed by atoms with E-state index < -0.39 is 5.97 Å². The van der Waals surface area contributed by atoms with Gasteiger partial charge in [-0.1, -0.05) is 18.2 Å². The molecule has 1 aromatic carbocycles. The van der Waals surface area contributed by atoms with E-state index in [0.717, 1.165) is 0 Å². The van der Waals surface area contributed by atoms with Crippen LogP contribution in [-0.4, -0.2) is 27.2 Å². The number of nitrogens with one attached hydrogen (secondary N) is 2. The highest BCUT2D eigenvalue weighted by Crippen LogP contribution is 2.10. The zero-order valence-corrected chi connectivity index (χ0v) is 9.38. The fraction of sp³-hybridized carbons (Fsp3) is 0.0833. The van der Waals surface area contributed by atoms with Crippen molar-refractivity contribution in [2.45, 2.75) is 6.42 Å². The number of hydrogen-bond acceptors (Lipinski definition) is 3. The molecule has 6 heteroatoms. The summed E-state index contributed by atoms with van der Waals surface area (Å²) in [6, 6.07) is 8.03. The molecule has 0 spiro atoms. The van der Waals surface area contributed by atoms with Gasteiger partial charge >= 0.3 is 5.97 Å². The first kappa shape index (κ1) is 11.8. The second-order valence-electron chi connectivity index (χ2n) is 3.66. The van der Waals surface area contributed by atoms with Crippen molar-refractivity contribution in [1.29, 1.82) is 0 Å². The van der Waals surface area contributed by atoms with Crippen molar-refractivity contribution in [3.8, 4) is 0 Å². The molecule has 0 fully saturated rings. The van der Waals surface area contributed by atoms with Crippen LogP contribution < -0.4 is 5.32 Å². The average Bonchev–Trinajstić information content (AvgIpc) is 2.82. The lowest BCUT2D eigenvalue weighted by molar-refractivity contribution is -0.115. The topological polar surface area (TPSA) is 95.1 Å². The number of hydrogen-bond donors (Lipinski definition) is 3. The molecule has 6 nitrogen and oxygen atoms in total. The number of benzene rings is 1. The van der Waals surface area contributed by atoms with Crippen LogP contribution >= 0.6 is 0 Å². The number of carboxylic acid groups (broad SMARTS) is 1. The van der Waals surface area contributed by atoms with Crippen LogP contribution in [0.25, 0.3) is 0 Å². The lowest BCUT2D eigenvalue weighted by Crippen LogP contribution is -2.16. The highest BCUT2D eigenvalue weighted by Gasteiger charge is 2.12. The number of anilines is 1. The molecular weight excluding hydrogens is 234 g/mol. The fourth-order valence-corrected chi connectivity index (χ4v) is 1.58. The molecule has 1 heterocycles. The third kappa shape index (κ3) is 2.73. The molecule has 0 radical (unpaired) electrons. The molecule has 3 N–H and O–H groups in total. The Hall–Kier alpha value is -2.63. The van der Waals surface area contributed by atoms with Gasteiger partial charge in [-0.15, -0.1) is 0 Å². The Labute approximate surface area is 103 Å². The van der Waals surface area contributed by atoms with Crippen molar-refractivity contribution in [2.24, 2.45) is 0 Å². The molecule has 0 aliphatic carbocycles. The summed E-state index contributed by atoms with van der Waals surface area (Å²) in [6.07, 6.45) is 1.52. The summed E-state index contributed by atoms with van der Waals surface area (Å²) in [6.45, 7) is 0. The average molecular weight is 245 g/mol. The number of nitrogens with zero attached hydrogens (tertiary/aromatic N) is 1. The number of rotatable bonds is 4. The van der Waals surface area contributed by atoms with Crippen LogP contribution in [0.15, 0.2) is 36.5 Å². The van der Waals surface area contributed by atoms with E-state index in [9.17, 15) is 9.59 Å². The largest absolute Gasteiger partial charge is 0.478 e. The Morgan fingerprint density at radius 1 is 1.28 bits per heavy atom. The van der Waals surface area contributed by atoms with Crippen LogP contribution in [0.1, 0.15) is 15.9 Å². The third-order valence-corrected chi connectivity index (χ3v) is 2.37. The molecule has 0 unspecified atom stereocenters. The molecule has 0 saturated heterocycles. The third-order valence-electron chi connectivity index (χ3n) is 2.37. The molecule has 0 saturated carbocycles. The van der Waals surface area contributed by atoms with E-state index in [1.807, 2.05) is 0 Å². The zero-order chi connectivity index (χ0) is 13.0. The Bertz CT molecular complexity index is 564. The van der Waals surface area contributed by atoms with E-state index in [2.05, 4.69) is 15.5 Å². The number of aromatic nitrogens is 2. The minimum absolute atomic E-state index is 0.00148. The number of carboxylic acids is 1. The summed E-state index contributed by atoms with van der Waals surface area (Å²) in [5, 5.41) is 17.9. The maximum Gasteiger partial charge on any atom is 0.335 e. The number of carbonyl (C=O) groups excluding carboxylic acids is 1. The fourth-order valence-electron chi connectivity index (χ4n) is 1.58.